The van der Waals surface area contributed by atoms with E-state index in [2.05, 4.69) is 32.0 Å². The average molecular weight is 284 g/mol. The summed E-state index contributed by atoms with van der Waals surface area (Å²) in [6.45, 7) is 8.16. The van der Waals surface area contributed by atoms with Crippen molar-refractivity contribution in [3.63, 3.8) is 0 Å². The second kappa shape index (κ2) is 6.77. The summed E-state index contributed by atoms with van der Waals surface area (Å²) >= 11 is 0. The van der Waals surface area contributed by atoms with Crippen molar-refractivity contribution in [1.29, 1.82) is 0 Å². The Morgan fingerprint density at radius 1 is 1.00 bits per heavy atom. The number of aliphatic hydroxyl groups excluding tert-OH is 1. The van der Waals surface area contributed by atoms with Crippen LogP contribution < -0.4 is 4.74 Å². The monoisotopic (exact) mass is 284 g/mol. The summed E-state index contributed by atoms with van der Waals surface area (Å²) in [5.41, 5.74) is 4.52. The highest BCUT2D eigenvalue weighted by molar-refractivity contribution is 5.33. The summed E-state index contributed by atoms with van der Waals surface area (Å²) < 4.78 is 5.68. The predicted molar refractivity (Wildman–Crippen MR) is 86.8 cm³/mol. The molecule has 0 aliphatic heterocycles. The minimum Gasteiger partial charge on any atom is -0.491 e. The number of hydrogen-bond acceptors (Lipinski definition) is 2. The molecule has 2 rings (SSSR count). The molecule has 2 nitrogen and oxygen atoms in total. The van der Waals surface area contributed by atoms with Crippen molar-refractivity contribution >= 4 is 0 Å². The van der Waals surface area contributed by atoms with Gasteiger partial charge in [0.2, 0.25) is 0 Å². The first-order valence-electron chi connectivity index (χ1n) is 7.46. The van der Waals surface area contributed by atoms with Gasteiger partial charge in [-0.3, -0.25) is 0 Å². The van der Waals surface area contributed by atoms with Crippen LogP contribution in [0, 0.1) is 13.8 Å². The van der Waals surface area contributed by atoms with Crippen molar-refractivity contribution in [2.45, 2.75) is 46.3 Å². The highest BCUT2D eigenvalue weighted by Gasteiger charge is 2.10. The Morgan fingerprint density at radius 3 is 2.29 bits per heavy atom. The fourth-order valence-electron chi connectivity index (χ4n) is 2.60. The minimum absolute atomic E-state index is 0.136. The van der Waals surface area contributed by atoms with Crippen molar-refractivity contribution in [3.8, 4) is 5.75 Å². The van der Waals surface area contributed by atoms with E-state index < -0.39 is 6.10 Å². The van der Waals surface area contributed by atoms with E-state index in [-0.39, 0.29) is 6.10 Å². The van der Waals surface area contributed by atoms with Gasteiger partial charge < -0.3 is 9.84 Å². The van der Waals surface area contributed by atoms with Crippen molar-refractivity contribution < 1.29 is 9.84 Å². The third kappa shape index (κ3) is 4.61. The van der Waals surface area contributed by atoms with Gasteiger partial charge in [0, 0.05) is 6.42 Å². The van der Waals surface area contributed by atoms with Gasteiger partial charge in [-0.05, 0) is 51.0 Å². The van der Waals surface area contributed by atoms with Gasteiger partial charge in [-0.2, -0.15) is 0 Å². The first-order valence-corrected chi connectivity index (χ1v) is 7.46. The van der Waals surface area contributed by atoms with Crippen LogP contribution in [-0.4, -0.2) is 11.2 Å². The van der Waals surface area contributed by atoms with Gasteiger partial charge in [0.1, 0.15) is 5.75 Å². The first-order chi connectivity index (χ1) is 9.94. The summed E-state index contributed by atoms with van der Waals surface area (Å²) in [5, 5.41) is 10.5. The second-order valence-corrected chi connectivity index (χ2v) is 5.95. The highest BCUT2D eigenvalue weighted by Crippen LogP contribution is 2.24. The van der Waals surface area contributed by atoms with Crippen LogP contribution in [0.4, 0.5) is 0 Å². The fourth-order valence-corrected chi connectivity index (χ4v) is 2.60. The number of rotatable bonds is 5. The SMILES string of the molecule is Cc1cc(C)cc(CC(O)c2cccc(OC(C)C)c2)c1. The van der Waals surface area contributed by atoms with Crippen LogP contribution in [0.1, 0.15) is 42.2 Å². The molecule has 2 aromatic carbocycles. The van der Waals surface area contributed by atoms with Crippen molar-refractivity contribution in [2.75, 3.05) is 0 Å². The topological polar surface area (TPSA) is 29.5 Å². The molecule has 0 aromatic heterocycles. The number of benzene rings is 2. The lowest BCUT2D eigenvalue weighted by Crippen LogP contribution is -2.07. The summed E-state index contributed by atoms with van der Waals surface area (Å²) in [7, 11) is 0. The van der Waals surface area contributed by atoms with Gasteiger partial charge in [-0.15, -0.1) is 0 Å². The maximum Gasteiger partial charge on any atom is 0.120 e. The molecule has 1 atom stereocenters. The second-order valence-electron chi connectivity index (χ2n) is 5.95. The Morgan fingerprint density at radius 2 is 1.67 bits per heavy atom. The molecule has 0 aliphatic carbocycles. The highest BCUT2D eigenvalue weighted by atomic mass is 16.5. The number of hydrogen-bond donors (Lipinski definition) is 1. The van der Waals surface area contributed by atoms with E-state index in [1.54, 1.807) is 0 Å². The zero-order valence-corrected chi connectivity index (χ0v) is 13.3. The molecule has 1 unspecified atom stereocenters. The van der Waals surface area contributed by atoms with Crippen LogP contribution in [0.15, 0.2) is 42.5 Å². The Kier molecular flexibility index (Phi) is 5.03. The third-order valence-corrected chi connectivity index (χ3v) is 3.33. The van der Waals surface area contributed by atoms with Crippen molar-refractivity contribution in [1.82, 2.24) is 0 Å². The first kappa shape index (κ1) is 15.6. The van der Waals surface area contributed by atoms with E-state index in [4.69, 9.17) is 4.74 Å². The van der Waals surface area contributed by atoms with Gasteiger partial charge in [0.25, 0.3) is 0 Å². The normalized spacial score (nSPS) is 12.5. The van der Waals surface area contributed by atoms with E-state index in [9.17, 15) is 5.11 Å². The summed E-state index contributed by atoms with van der Waals surface area (Å²) in [6, 6.07) is 14.1. The number of ether oxygens (including phenoxy) is 1. The zero-order chi connectivity index (χ0) is 15.4. The molecular weight excluding hydrogens is 260 g/mol. The molecule has 112 valence electrons. The molecule has 0 spiro atoms. The molecule has 1 N–H and O–H groups in total. The Bertz CT molecular complexity index is 582. The quantitative estimate of drug-likeness (QED) is 0.883. The molecule has 2 heteroatoms. The van der Waals surface area contributed by atoms with Crippen LogP contribution in [-0.2, 0) is 6.42 Å². The lowest BCUT2D eigenvalue weighted by atomic mass is 9.98. The van der Waals surface area contributed by atoms with Crippen LogP contribution >= 0.6 is 0 Å². The maximum atomic E-state index is 10.5. The summed E-state index contributed by atoms with van der Waals surface area (Å²) in [6.07, 6.45) is 0.243. The standard InChI is InChI=1S/C19H24O2/c1-13(2)21-18-7-5-6-17(12-18)19(20)11-16-9-14(3)8-15(4)10-16/h5-10,12-13,19-20H,11H2,1-4H3. The van der Waals surface area contributed by atoms with Crippen LogP contribution in [0.2, 0.25) is 0 Å². The summed E-state index contributed by atoms with van der Waals surface area (Å²) in [5.74, 6) is 0.807. The molecular formula is C19H24O2. The van der Waals surface area contributed by atoms with Crippen LogP contribution in [0.3, 0.4) is 0 Å². The molecule has 0 heterocycles. The number of aryl methyl sites for hydroxylation is 2. The molecule has 0 aliphatic rings. The van der Waals surface area contributed by atoms with Crippen molar-refractivity contribution in [2.24, 2.45) is 0 Å². The third-order valence-electron chi connectivity index (χ3n) is 3.33. The number of aliphatic hydroxyl groups is 1. The molecule has 0 saturated carbocycles. The molecule has 0 bridgehead atoms. The minimum atomic E-state index is -0.512. The Hall–Kier alpha value is -1.80. The van der Waals surface area contributed by atoms with E-state index in [1.165, 1.54) is 11.1 Å². The maximum absolute atomic E-state index is 10.5. The van der Waals surface area contributed by atoms with E-state index in [0.717, 1.165) is 16.9 Å². The predicted octanol–water partition coefficient (Wildman–Crippen LogP) is 4.37. The van der Waals surface area contributed by atoms with Gasteiger partial charge in [0.15, 0.2) is 0 Å². The lowest BCUT2D eigenvalue weighted by Gasteiger charge is -2.15. The van der Waals surface area contributed by atoms with Crippen LogP contribution in [0.5, 0.6) is 5.75 Å². The molecule has 21 heavy (non-hydrogen) atoms. The summed E-state index contributed by atoms with van der Waals surface area (Å²) in [4.78, 5) is 0. The van der Waals surface area contributed by atoms with E-state index >= 15 is 0 Å². The van der Waals surface area contributed by atoms with E-state index in [0.29, 0.717) is 6.42 Å². The average Bonchev–Trinajstić information content (AvgIpc) is 2.36. The van der Waals surface area contributed by atoms with Crippen molar-refractivity contribution in [3.05, 3.63) is 64.7 Å². The van der Waals surface area contributed by atoms with Gasteiger partial charge in [0.05, 0.1) is 12.2 Å². The molecule has 0 saturated heterocycles. The lowest BCUT2D eigenvalue weighted by molar-refractivity contribution is 0.177. The molecule has 0 amide bonds. The largest absolute Gasteiger partial charge is 0.491 e. The fraction of sp³-hybridized carbons (Fsp3) is 0.368. The van der Waals surface area contributed by atoms with E-state index in [1.807, 2.05) is 38.1 Å². The van der Waals surface area contributed by atoms with Gasteiger partial charge in [-0.1, -0.05) is 41.5 Å². The Balaban J connectivity index is 2.14. The van der Waals surface area contributed by atoms with Gasteiger partial charge >= 0.3 is 0 Å². The smallest absolute Gasteiger partial charge is 0.120 e. The van der Waals surface area contributed by atoms with Gasteiger partial charge in [-0.25, -0.2) is 0 Å². The zero-order valence-electron chi connectivity index (χ0n) is 13.3. The van der Waals surface area contributed by atoms with Crippen LogP contribution in [0.25, 0.3) is 0 Å². The molecule has 0 radical (unpaired) electrons. The molecule has 2 aromatic rings. The Labute approximate surface area is 127 Å². The molecule has 0 fully saturated rings.